The highest BCUT2D eigenvalue weighted by Gasteiger charge is 2.25. The number of hydrogen-bond donors (Lipinski definition) is 3. The van der Waals surface area contributed by atoms with Crippen LogP contribution in [0.1, 0.15) is 33.7 Å². The van der Waals surface area contributed by atoms with Gasteiger partial charge in [0.05, 0.1) is 10.5 Å². The van der Waals surface area contributed by atoms with Crippen molar-refractivity contribution in [3.05, 3.63) is 75.6 Å². The van der Waals surface area contributed by atoms with Gasteiger partial charge in [-0.3, -0.25) is 19.1 Å². The van der Waals surface area contributed by atoms with E-state index in [2.05, 4.69) is 20.3 Å². The van der Waals surface area contributed by atoms with E-state index in [0.29, 0.717) is 53.4 Å². The molecule has 3 N–H and O–H groups in total. The summed E-state index contributed by atoms with van der Waals surface area (Å²) in [6.45, 7) is 1.11. The lowest BCUT2D eigenvalue weighted by molar-refractivity contribution is 0.0693. The predicted octanol–water partition coefficient (Wildman–Crippen LogP) is 2.94. The average Bonchev–Trinajstić information content (AvgIpc) is 3.41. The van der Waals surface area contributed by atoms with Gasteiger partial charge >= 0.3 is 5.69 Å². The number of carbonyl (C=O) groups is 2. The summed E-state index contributed by atoms with van der Waals surface area (Å²) in [5, 5.41) is 3.59. The van der Waals surface area contributed by atoms with Gasteiger partial charge in [-0.2, -0.15) is 0 Å². The van der Waals surface area contributed by atoms with Crippen LogP contribution in [0.3, 0.4) is 0 Å². The summed E-state index contributed by atoms with van der Waals surface area (Å²) in [6, 6.07) is 10.8. The molecule has 0 spiro atoms. The molecule has 3 aromatic heterocycles. The van der Waals surface area contributed by atoms with Crippen LogP contribution in [0.15, 0.2) is 53.6 Å². The first-order valence-corrected chi connectivity index (χ1v) is 11.4. The van der Waals surface area contributed by atoms with Crippen LogP contribution in [-0.2, 0) is 7.05 Å². The minimum absolute atomic E-state index is 0.0140. The zero-order valence-electron chi connectivity index (χ0n) is 18.5. The van der Waals surface area contributed by atoms with Gasteiger partial charge in [-0.15, -0.1) is 0 Å². The van der Waals surface area contributed by atoms with Crippen molar-refractivity contribution < 1.29 is 9.59 Å². The van der Waals surface area contributed by atoms with E-state index >= 15 is 0 Å². The zero-order valence-corrected chi connectivity index (χ0v) is 19.2. The highest BCUT2D eigenvalue weighted by atomic mass is 35.5. The summed E-state index contributed by atoms with van der Waals surface area (Å²) in [6.07, 6.45) is 4.62. The number of aryl methyl sites for hydroxylation is 1. The number of nitrogens with one attached hydrogen (secondary N) is 3. The number of aromatic amines is 2. The van der Waals surface area contributed by atoms with Crippen LogP contribution >= 0.6 is 11.6 Å². The molecule has 0 saturated carbocycles. The van der Waals surface area contributed by atoms with Gasteiger partial charge in [0.1, 0.15) is 5.69 Å². The number of fused-ring (bicyclic) bond motifs is 1. The van der Waals surface area contributed by atoms with Gasteiger partial charge in [-0.05, 0) is 42.7 Å². The Labute approximate surface area is 199 Å². The summed E-state index contributed by atoms with van der Waals surface area (Å²) in [4.78, 5) is 49.0. The SMILES string of the molecule is Cn1c(=O)[nH]c2ncc(-c3cccc(C(=O)NC4CCN(C(=O)c5cc(Cl)c[nH]5)CC4)c3)cc21. The Bertz CT molecular complexity index is 1440. The lowest BCUT2D eigenvalue weighted by Crippen LogP contribution is -2.46. The smallest absolute Gasteiger partial charge is 0.327 e. The van der Waals surface area contributed by atoms with Gasteiger partial charge in [0.2, 0.25) is 0 Å². The molecule has 1 saturated heterocycles. The number of likely N-dealkylation sites (tertiary alicyclic amines) is 1. The first-order valence-electron chi connectivity index (χ1n) is 11.0. The van der Waals surface area contributed by atoms with Gasteiger partial charge in [0.25, 0.3) is 11.8 Å². The van der Waals surface area contributed by atoms with Gasteiger partial charge < -0.3 is 15.2 Å². The van der Waals surface area contributed by atoms with Crippen molar-refractivity contribution in [1.29, 1.82) is 0 Å². The number of nitrogens with zero attached hydrogens (tertiary/aromatic N) is 3. The summed E-state index contributed by atoms with van der Waals surface area (Å²) < 4.78 is 1.50. The molecule has 1 aromatic carbocycles. The van der Waals surface area contributed by atoms with Gasteiger partial charge in [-0.1, -0.05) is 23.7 Å². The summed E-state index contributed by atoms with van der Waals surface area (Å²) in [5.74, 6) is -0.249. The second-order valence-corrected chi connectivity index (χ2v) is 8.87. The molecular weight excluding hydrogens is 456 g/mol. The molecular formula is C24H23ClN6O3. The number of rotatable bonds is 4. The molecule has 1 aliphatic heterocycles. The topological polar surface area (TPSA) is 116 Å². The molecule has 34 heavy (non-hydrogen) atoms. The number of hydrogen-bond acceptors (Lipinski definition) is 4. The number of carbonyl (C=O) groups excluding carboxylic acids is 2. The van der Waals surface area contributed by atoms with E-state index in [1.165, 1.54) is 4.57 Å². The Hall–Kier alpha value is -3.85. The molecule has 0 bridgehead atoms. The van der Waals surface area contributed by atoms with E-state index in [4.69, 9.17) is 11.6 Å². The Morgan fingerprint density at radius 1 is 1.15 bits per heavy atom. The van der Waals surface area contributed by atoms with Crippen LogP contribution in [0, 0.1) is 0 Å². The van der Waals surface area contributed by atoms with E-state index in [9.17, 15) is 14.4 Å². The molecule has 1 aliphatic rings. The molecule has 10 heteroatoms. The van der Waals surface area contributed by atoms with E-state index in [1.54, 1.807) is 36.5 Å². The van der Waals surface area contributed by atoms with Crippen molar-refractivity contribution in [1.82, 2.24) is 29.7 Å². The molecule has 5 rings (SSSR count). The van der Waals surface area contributed by atoms with Crippen LogP contribution < -0.4 is 11.0 Å². The molecule has 0 radical (unpaired) electrons. The number of amides is 2. The van der Waals surface area contributed by atoms with Crippen molar-refractivity contribution >= 4 is 34.6 Å². The number of pyridine rings is 1. The highest BCUT2D eigenvalue weighted by Crippen LogP contribution is 2.23. The van der Waals surface area contributed by atoms with Crippen molar-refractivity contribution in [2.24, 2.45) is 7.05 Å². The third kappa shape index (κ3) is 4.22. The monoisotopic (exact) mass is 478 g/mol. The maximum atomic E-state index is 12.9. The van der Waals surface area contributed by atoms with Gasteiger partial charge in [0.15, 0.2) is 5.65 Å². The molecule has 4 heterocycles. The minimum Gasteiger partial charge on any atom is -0.356 e. The van der Waals surface area contributed by atoms with Crippen molar-refractivity contribution in [3.63, 3.8) is 0 Å². The Morgan fingerprint density at radius 3 is 2.68 bits per heavy atom. The number of piperidine rings is 1. The van der Waals surface area contributed by atoms with Crippen molar-refractivity contribution in [2.45, 2.75) is 18.9 Å². The molecule has 0 aliphatic carbocycles. The molecule has 9 nitrogen and oxygen atoms in total. The first kappa shape index (κ1) is 22.0. The maximum absolute atomic E-state index is 12.9. The quantitative estimate of drug-likeness (QED) is 0.418. The Balaban J connectivity index is 1.25. The average molecular weight is 479 g/mol. The molecule has 1 fully saturated rings. The van der Waals surface area contributed by atoms with E-state index in [-0.39, 0.29) is 23.5 Å². The summed E-state index contributed by atoms with van der Waals surface area (Å²) in [7, 11) is 1.68. The fourth-order valence-electron chi connectivity index (χ4n) is 4.25. The Kier molecular flexibility index (Phi) is 5.70. The van der Waals surface area contributed by atoms with Gasteiger partial charge in [-0.25, -0.2) is 9.78 Å². The van der Waals surface area contributed by atoms with Gasteiger partial charge in [0, 0.05) is 49.7 Å². The highest BCUT2D eigenvalue weighted by molar-refractivity contribution is 6.30. The number of halogens is 1. The fourth-order valence-corrected chi connectivity index (χ4v) is 4.42. The van der Waals surface area contributed by atoms with Crippen LogP contribution in [0.4, 0.5) is 0 Å². The molecule has 2 amide bonds. The number of imidazole rings is 1. The largest absolute Gasteiger partial charge is 0.356 e. The number of benzene rings is 1. The zero-order chi connectivity index (χ0) is 23.8. The Morgan fingerprint density at radius 2 is 1.94 bits per heavy atom. The lowest BCUT2D eigenvalue weighted by atomic mass is 10.0. The van der Waals surface area contributed by atoms with Crippen molar-refractivity contribution in [2.75, 3.05) is 13.1 Å². The first-order chi connectivity index (χ1) is 16.4. The standard InChI is InChI=1S/C24H23ClN6O3/c1-30-20-10-16(12-27-21(20)29-24(30)34)14-3-2-4-15(9-14)22(32)28-18-5-7-31(8-6-18)23(33)19-11-17(25)13-26-19/h2-4,9-13,18,26H,5-8H2,1H3,(H,28,32)(H,27,29,34). The molecule has 0 unspecified atom stereocenters. The van der Waals surface area contributed by atoms with E-state index in [0.717, 1.165) is 11.1 Å². The molecule has 0 atom stereocenters. The maximum Gasteiger partial charge on any atom is 0.327 e. The predicted molar refractivity (Wildman–Crippen MR) is 129 cm³/mol. The van der Waals surface area contributed by atoms with Crippen LogP contribution in [0.25, 0.3) is 22.3 Å². The lowest BCUT2D eigenvalue weighted by Gasteiger charge is -2.32. The number of H-pyrrole nitrogens is 2. The second-order valence-electron chi connectivity index (χ2n) is 8.43. The van der Waals surface area contributed by atoms with Crippen LogP contribution in [-0.4, -0.2) is 55.4 Å². The third-order valence-corrected chi connectivity index (χ3v) is 6.43. The normalized spacial score (nSPS) is 14.5. The second kappa shape index (κ2) is 8.83. The number of aromatic nitrogens is 4. The summed E-state index contributed by atoms with van der Waals surface area (Å²) >= 11 is 5.90. The molecule has 174 valence electrons. The molecule has 4 aromatic rings. The third-order valence-electron chi connectivity index (χ3n) is 6.21. The van der Waals surface area contributed by atoms with E-state index in [1.807, 2.05) is 24.3 Å². The summed E-state index contributed by atoms with van der Waals surface area (Å²) in [5.41, 5.74) is 3.65. The van der Waals surface area contributed by atoms with Crippen LogP contribution in [0.5, 0.6) is 0 Å². The fraction of sp³-hybridized carbons (Fsp3) is 0.250. The van der Waals surface area contributed by atoms with E-state index < -0.39 is 0 Å². The van der Waals surface area contributed by atoms with Crippen LogP contribution in [0.2, 0.25) is 5.02 Å². The van der Waals surface area contributed by atoms with Crippen molar-refractivity contribution in [3.8, 4) is 11.1 Å². The minimum atomic E-state index is -0.225.